The number of halogens is 1. The van der Waals surface area contributed by atoms with E-state index in [-0.39, 0.29) is 5.91 Å². The average Bonchev–Trinajstić information content (AvgIpc) is 3.27. The Hall–Kier alpha value is -2.70. The van der Waals surface area contributed by atoms with Crippen LogP contribution in [-0.4, -0.2) is 20.7 Å². The molecular weight excluding hydrogens is 356 g/mol. The lowest BCUT2D eigenvalue weighted by atomic mass is 10.2. The van der Waals surface area contributed by atoms with Crippen LogP contribution in [0.5, 0.6) is 0 Å². The van der Waals surface area contributed by atoms with Gasteiger partial charge in [0, 0.05) is 20.8 Å². The fraction of sp³-hybridized carbons (Fsp3) is 0.0556. The Morgan fingerprint density at radius 1 is 1.20 bits per heavy atom. The molecule has 2 aromatic heterocycles. The van der Waals surface area contributed by atoms with Crippen molar-refractivity contribution in [3.05, 3.63) is 76.6 Å². The number of nitrogens with zero attached hydrogens (tertiary/aromatic N) is 3. The van der Waals surface area contributed by atoms with Crippen molar-refractivity contribution in [1.82, 2.24) is 14.8 Å². The number of hydrogen-bond donors (Lipinski definition) is 1. The molecule has 0 fully saturated rings. The Morgan fingerprint density at radius 2 is 2.04 bits per heavy atom. The van der Waals surface area contributed by atoms with Crippen LogP contribution in [-0.2, 0) is 6.54 Å². The van der Waals surface area contributed by atoms with Gasteiger partial charge in [-0.3, -0.25) is 4.79 Å². The van der Waals surface area contributed by atoms with Gasteiger partial charge in [0.15, 0.2) is 0 Å². The van der Waals surface area contributed by atoms with Gasteiger partial charge < -0.3 is 5.32 Å². The molecule has 0 bridgehead atoms. The zero-order valence-electron chi connectivity index (χ0n) is 13.0. The van der Waals surface area contributed by atoms with E-state index in [2.05, 4.69) is 15.4 Å². The van der Waals surface area contributed by atoms with E-state index in [1.165, 1.54) is 17.7 Å². The van der Waals surface area contributed by atoms with Gasteiger partial charge >= 0.3 is 0 Å². The highest BCUT2D eigenvalue weighted by atomic mass is 35.5. The highest BCUT2D eigenvalue weighted by Crippen LogP contribution is 2.31. The van der Waals surface area contributed by atoms with E-state index in [1.807, 2.05) is 48.5 Å². The van der Waals surface area contributed by atoms with Crippen molar-refractivity contribution < 1.29 is 4.79 Å². The van der Waals surface area contributed by atoms with Crippen LogP contribution in [0.15, 0.2) is 61.2 Å². The van der Waals surface area contributed by atoms with Gasteiger partial charge in [-0.2, -0.15) is 5.10 Å². The highest BCUT2D eigenvalue weighted by molar-refractivity contribution is 7.21. The summed E-state index contributed by atoms with van der Waals surface area (Å²) < 4.78 is 2.75. The molecule has 1 amide bonds. The van der Waals surface area contributed by atoms with Gasteiger partial charge in [0.25, 0.3) is 5.91 Å². The summed E-state index contributed by atoms with van der Waals surface area (Å²) in [4.78, 5) is 17.0. The predicted molar refractivity (Wildman–Crippen MR) is 100 cm³/mol. The first kappa shape index (κ1) is 15.8. The van der Waals surface area contributed by atoms with E-state index in [0.29, 0.717) is 16.4 Å². The molecule has 1 N–H and O–H groups in total. The van der Waals surface area contributed by atoms with Gasteiger partial charge in [0.2, 0.25) is 0 Å². The number of aromatic nitrogens is 3. The van der Waals surface area contributed by atoms with Gasteiger partial charge in [-0.25, -0.2) is 9.67 Å². The van der Waals surface area contributed by atoms with Crippen molar-refractivity contribution in [2.45, 2.75) is 6.54 Å². The number of nitrogens with one attached hydrogen (secondary N) is 1. The lowest BCUT2D eigenvalue weighted by molar-refractivity contribution is 0.103. The van der Waals surface area contributed by atoms with Gasteiger partial charge in [-0.1, -0.05) is 29.8 Å². The monoisotopic (exact) mass is 368 g/mol. The van der Waals surface area contributed by atoms with E-state index >= 15 is 0 Å². The number of thiophene rings is 1. The maximum Gasteiger partial charge on any atom is 0.265 e. The molecule has 0 saturated heterocycles. The van der Waals surface area contributed by atoms with Crippen LogP contribution in [0.3, 0.4) is 0 Å². The molecule has 124 valence electrons. The van der Waals surface area contributed by atoms with Crippen molar-refractivity contribution in [1.29, 1.82) is 0 Å². The van der Waals surface area contributed by atoms with Crippen molar-refractivity contribution >= 4 is 44.6 Å². The molecule has 0 saturated carbocycles. The van der Waals surface area contributed by atoms with Crippen LogP contribution >= 0.6 is 22.9 Å². The SMILES string of the molecule is O=C(Nc1ccc(Cn2cncn2)cc1)c1cc2c(Cl)cccc2s1. The maximum atomic E-state index is 12.5. The molecule has 4 aromatic rings. The summed E-state index contributed by atoms with van der Waals surface area (Å²) in [6.07, 6.45) is 3.17. The third-order valence-corrected chi connectivity index (χ3v) is 5.18. The maximum absolute atomic E-state index is 12.5. The van der Waals surface area contributed by atoms with E-state index in [0.717, 1.165) is 21.3 Å². The second-order valence-corrected chi connectivity index (χ2v) is 7.00. The Labute approximate surface area is 152 Å². The normalized spacial score (nSPS) is 10.9. The third kappa shape index (κ3) is 3.40. The summed E-state index contributed by atoms with van der Waals surface area (Å²) >= 11 is 7.60. The lowest BCUT2D eigenvalue weighted by Gasteiger charge is -2.05. The van der Waals surface area contributed by atoms with Crippen LogP contribution in [0, 0.1) is 0 Å². The standard InChI is InChI=1S/C18H13ClN4OS/c19-15-2-1-3-16-14(15)8-17(25-16)18(24)22-13-6-4-12(5-7-13)9-23-11-20-10-21-23/h1-8,10-11H,9H2,(H,22,24). The van der Waals surface area contributed by atoms with Crippen LogP contribution in [0.4, 0.5) is 5.69 Å². The minimum Gasteiger partial charge on any atom is -0.321 e. The Morgan fingerprint density at radius 3 is 2.76 bits per heavy atom. The summed E-state index contributed by atoms with van der Waals surface area (Å²) in [5.74, 6) is -0.138. The molecule has 0 aliphatic rings. The number of anilines is 1. The molecule has 0 unspecified atom stereocenters. The molecule has 25 heavy (non-hydrogen) atoms. The van der Waals surface area contributed by atoms with Crippen LogP contribution in [0.25, 0.3) is 10.1 Å². The second-order valence-electron chi connectivity index (χ2n) is 5.51. The van der Waals surface area contributed by atoms with Gasteiger partial charge in [-0.05, 0) is 35.9 Å². The molecule has 0 spiro atoms. The quantitative estimate of drug-likeness (QED) is 0.579. The topological polar surface area (TPSA) is 59.8 Å². The number of amides is 1. The zero-order valence-corrected chi connectivity index (χ0v) is 14.6. The number of rotatable bonds is 4. The van der Waals surface area contributed by atoms with Gasteiger partial charge in [0.05, 0.1) is 11.4 Å². The largest absolute Gasteiger partial charge is 0.321 e. The summed E-state index contributed by atoms with van der Waals surface area (Å²) in [6.45, 7) is 0.642. The highest BCUT2D eigenvalue weighted by Gasteiger charge is 2.12. The summed E-state index contributed by atoms with van der Waals surface area (Å²) in [5, 5.41) is 8.56. The molecule has 2 aromatic carbocycles. The van der Waals surface area contributed by atoms with Crippen LogP contribution in [0.2, 0.25) is 5.02 Å². The average molecular weight is 369 g/mol. The molecule has 0 aliphatic carbocycles. The van der Waals surface area contributed by atoms with Crippen molar-refractivity contribution in [3.8, 4) is 0 Å². The molecule has 4 rings (SSSR count). The van der Waals surface area contributed by atoms with Crippen molar-refractivity contribution in [2.75, 3.05) is 5.32 Å². The van der Waals surface area contributed by atoms with Gasteiger partial charge in [0.1, 0.15) is 12.7 Å². The zero-order chi connectivity index (χ0) is 17.2. The summed E-state index contributed by atoms with van der Waals surface area (Å²) in [6, 6.07) is 15.2. The second kappa shape index (κ2) is 6.66. The first-order valence-corrected chi connectivity index (χ1v) is 8.79. The first-order valence-electron chi connectivity index (χ1n) is 7.60. The molecule has 5 nitrogen and oxygen atoms in total. The molecule has 0 aliphatic heterocycles. The van der Waals surface area contributed by atoms with E-state index in [4.69, 9.17) is 11.6 Å². The summed E-state index contributed by atoms with van der Waals surface area (Å²) in [7, 11) is 0. The number of carbonyl (C=O) groups is 1. The first-order chi connectivity index (χ1) is 12.2. The van der Waals surface area contributed by atoms with E-state index < -0.39 is 0 Å². The third-order valence-electron chi connectivity index (χ3n) is 3.76. The number of carbonyl (C=O) groups excluding carboxylic acids is 1. The Bertz CT molecular complexity index is 1030. The summed E-state index contributed by atoms with van der Waals surface area (Å²) in [5.41, 5.74) is 1.83. The number of hydrogen-bond acceptors (Lipinski definition) is 4. The Kier molecular flexibility index (Phi) is 4.21. The molecule has 2 heterocycles. The van der Waals surface area contributed by atoms with E-state index in [9.17, 15) is 4.79 Å². The van der Waals surface area contributed by atoms with E-state index in [1.54, 1.807) is 11.0 Å². The van der Waals surface area contributed by atoms with Crippen molar-refractivity contribution in [2.24, 2.45) is 0 Å². The number of benzene rings is 2. The molecular formula is C18H13ClN4OS. The van der Waals surface area contributed by atoms with Gasteiger partial charge in [-0.15, -0.1) is 11.3 Å². The minimum absolute atomic E-state index is 0.138. The van der Waals surface area contributed by atoms with Crippen LogP contribution in [0.1, 0.15) is 15.2 Å². The fourth-order valence-electron chi connectivity index (χ4n) is 2.52. The molecule has 7 heteroatoms. The van der Waals surface area contributed by atoms with Crippen LogP contribution < -0.4 is 5.32 Å². The van der Waals surface area contributed by atoms with Crippen molar-refractivity contribution in [3.63, 3.8) is 0 Å². The fourth-order valence-corrected chi connectivity index (χ4v) is 3.79. The Balaban J connectivity index is 1.49. The lowest BCUT2D eigenvalue weighted by Crippen LogP contribution is -2.10. The number of fused-ring (bicyclic) bond motifs is 1. The molecule has 0 atom stereocenters. The smallest absolute Gasteiger partial charge is 0.265 e. The minimum atomic E-state index is -0.138. The predicted octanol–water partition coefficient (Wildman–Crippen LogP) is 4.45. The molecule has 0 radical (unpaired) electrons.